The molecule has 3 heterocycles. The van der Waals surface area contributed by atoms with Gasteiger partial charge in [0.2, 0.25) is 0 Å². The molecule has 0 fully saturated rings. The van der Waals surface area contributed by atoms with Gasteiger partial charge in [-0.3, -0.25) is 4.68 Å². The van der Waals surface area contributed by atoms with E-state index in [4.69, 9.17) is 0 Å². The average Bonchev–Trinajstić information content (AvgIpc) is 3.09. The second-order valence-electron chi connectivity index (χ2n) is 3.95. The molecule has 19 heavy (non-hydrogen) atoms. The van der Waals surface area contributed by atoms with Crippen LogP contribution < -0.4 is 5.32 Å². The maximum atomic E-state index is 4.55. The van der Waals surface area contributed by atoms with Gasteiger partial charge in [0.15, 0.2) is 10.8 Å². The minimum absolute atomic E-state index is 0.626. The molecule has 0 aliphatic rings. The van der Waals surface area contributed by atoms with Crippen molar-refractivity contribution in [2.75, 3.05) is 12.4 Å². The molecule has 0 spiro atoms. The molecule has 7 heteroatoms. The van der Waals surface area contributed by atoms with Crippen molar-refractivity contribution in [1.82, 2.24) is 24.7 Å². The van der Waals surface area contributed by atoms with Gasteiger partial charge in [0.05, 0.1) is 11.9 Å². The van der Waals surface area contributed by atoms with Crippen LogP contribution in [0.4, 0.5) is 5.82 Å². The Balaban J connectivity index is 2.12. The van der Waals surface area contributed by atoms with Crippen LogP contribution in [-0.2, 0) is 7.05 Å². The summed E-state index contributed by atoms with van der Waals surface area (Å²) in [6.45, 7) is 0. The lowest BCUT2D eigenvalue weighted by Crippen LogP contribution is -1.98. The molecule has 0 saturated carbocycles. The number of thiazole rings is 1. The van der Waals surface area contributed by atoms with E-state index in [1.54, 1.807) is 17.1 Å². The Hall–Kier alpha value is -2.28. The molecule has 1 N–H and O–H groups in total. The lowest BCUT2D eigenvalue weighted by Gasteiger charge is -2.04. The molecule has 0 saturated heterocycles. The molecule has 0 unspecified atom stereocenters. The number of aryl methyl sites for hydroxylation is 1. The van der Waals surface area contributed by atoms with E-state index in [9.17, 15) is 0 Å². The molecule has 3 aromatic heterocycles. The van der Waals surface area contributed by atoms with Gasteiger partial charge in [0.1, 0.15) is 5.82 Å². The van der Waals surface area contributed by atoms with Gasteiger partial charge in [-0.1, -0.05) is 0 Å². The van der Waals surface area contributed by atoms with Crippen molar-refractivity contribution >= 4 is 17.2 Å². The van der Waals surface area contributed by atoms with E-state index in [1.165, 1.54) is 11.3 Å². The molecule has 0 aromatic carbocycles. The van der Waals surface area contributed by atoms with E-state index in [0.717, 1.165) is 22.1 Å². The summed E-state index contributed by atoms with van der Waals surface area (Å²) in [5, 5.41) is 9.93. The number of hydrogen-bond donors (Lipinski definition) is 1. The SMILES string of the molecule is CNc1cc(-c2cnn(C)c2)nc(-c2nccs2)n1. The van der Waals surface area contributed by atoms with Gasteiger partial charge in [-0.15, -0.1) is 11.3 Å². The summed E-state index contributed by atoms with van der Waals surface area (Å²) in [6.07, 6.45) is 5.46. The molecule has 0 radical (unpaired) electrons. The third kappa shape index (κ3) is 2.32. The van der Waals surface area contributed by atoms with Crippen molar-refractivity contribution in [2.45, 2.75) is 0 Å². The highest BCUT2D eigenvalue weighted by molar-refractivity contribution is 7.13. The second-order valence-corrected chi connectivity index (χ2v) is 4.85. The highest BCUT2D eigenvalue weighted by Gasteiger charge is 2.10. The molecular formula is C12H12N6S. The Labute approximate surface area is 114 Å². The summed E-state index contributed by atoms with van der Waals surface area (Å²) in [4.78, 5) is 13.2. The first-order valence-electron chi connectivity index (χ1n) is 5.72. The molecule has 0 atom stereocenters. The van der Waals surface area contributed by atoms with E-state index in [2.05, 4.69) is 25.4 Å². The van der Waals surface area contributed by atoms with E-state index in [0.29, 0.717) is 5.82 Å². The number of aromatic nitrogens is 5. The Morgan fingerprint density at radius 1 is 1.32 bits per heavy atom. The highest BCUT2D eigenvalue weighted by atomic mass is 32.1. The van der Waals surface area contributed by atoms with Crippen molar-refractivity contribution in [3.8, 4) is 22.1 Å². The maximum absolute atomic E-state index is 4.55. The first-order chi connectivity index (χ1) is 9.26. The third-order valence-corrected chi connectivity index (χ3v) is 3.38. The van der Waals surface area contributed by atoms with Gasteiger partial charge < -0.3 is 5.32 Å². The molecule has 0 aliphatic heterocycles. The van der Waals surface area contributed by atoms with Crippen LogP contribution in [0.1, 0.15) is 0 Å². The second kappa shape index (κ2) is 4.77. The predicted molar refractivity (Wildman–Crippen MR) is 74.9 cm³/mol. The fraction of sp³-hybridized carbons (Fsp3) is 0.167. The van der Waals surface area contributed by atoms with Gasteiger partial charge >= 0.3 is 0 Å². The van der Waals surface area contributed by atoms with Crippen molar-refractivity contribution in [1.29, 1.82) is 0 Å². The van der Waals surface area contributed by atoms with Crippen molar-refractivity contribution in [3.05, 3.63) is 30.0 Å². The van der Waals surface area contributed by atoms with E-state index < -0.39 is 0 Å². The van der Waals surface area contributed by atoms with Crippen LogP contribution in [0.5, 0.6) is 0 Å². The molecule has 6 nitrogen and oxygen atoms in total. The molecule has 0 bridgehead atoms. The lowest BCUT2D eigenvalue weighted by atomic mass is 10.2. The Morgan fingerprint density at radius 3 is 2.84 bits per heavy atom. The van der Waals surface area contributed by atoms with Crippen LogP contribution in [-0.4, -0.2) is 31.8 Å². The standard InChI is InChI=1S/C12H12N6S/c1-13-10-5-9(8-6-15-18(2)7-8)16-11(17-10)12-14-3-4-19-12/h3-7H,1-2H3,(H,13,16,17). The summed E-state index contributed by atoms with van der Waals surface area (Å²) in [5.74, 6) is 1.39. The number of anilines is 1. The van der Waals surface area contributed by atoms with Crippen LogP contribution in [0.15, 0.2) is 30.0 Å². The first kappa shape index (κ1) is 11.8. The molecule has 96 valence electrons. The molecule has 0 amide bonds. The zero-order chi connectivity index (χ0) is 13.2. The lowest BCUT2D eigenvalue weighted by molar-refractivity contribution is 0.768. The highest BCUT2D eigenvalue weighted by Crippen LogP contribution is 2.24. The monoisotopic (exact) mass is 272 g/mol. The smallest absolute Gasteiger partial charge is 0.191 e. The minimum atomic E-state index is 0.626. The molecule has 3 rings (SSSR count). The summed E-state index contributed by atoms with van der Waals surface area (Å²) < 4.78 is 1.75. The fourth-order valence-electron chi connectivity index (χ4n) is 1.71. The maximum Gasteiger partial charge on any atom is 0.191 e. The minimum Gasteiger partial charge on any atom is -0.373 e. The van der Waals surface area contributed by atoms with Gasteiger partial charge in [-0.05, 0) is 0 Å². The van der Waals surface area contributed by atoms with Crippen molar-refractivity contribution in [2.24, 2.45) is 7.05 Å². The van der Waals surface area contributed by atoms with Crippen LogP contribution in [0.2, 0.25) is 0 Å². The van der Waals surface area contributed by atoms with E-state index in [-0.39, 0.29) is 0 Å². The molecule has 3 aromatic rings. The predicted octanol–water partition coefficient (Wildman–Crippen LogP) is 2.04. The molecule has 0 aliphatic carbocycles. The fourth-order valence-corrected chi connectivity index (χ4v) is 2.28. The van der Waals surface area contributed by atoms with Crippen molar-refractivity contribution < 1.29 is 0 Å². The van der Waals surface area contributed by atoms with Gasteiger partial charge in [0, 0.05) is 43.5 Å². The summed E-state index contributed by atoms with van der Waals surface area (Å²) in [5.41, 5.74) is 1.79. The van der Waals surface area contributed by atoms with Crippen molar-refractivity contribution in [3.63, 3.8) is 0 Å². The van der Waals surface area contributed by atoms with Crippen LogP contribution in [0, 0.1) is 0 Å². The van der Waals surface area contributed by atoms with Gasteiger partial charge in [0.25, 0.3) is 0 Å². The van der Waals surface area contributed by atoms with Crippen LogP contribution in [0.25, 0.3) is 22.1 Å². The topological polar surface area (TPSA) is 68.5 Å². The number of hydrogen-bond acceptors (Lipinski definition) is 6. The number of nitrogens with zero attached hydrogens (tertiary/aromatic N) is 5. The summed E-state index contributed by atoms with van der Waals surface area (Å²) in [6, 6.07) is 1.90. The average molecular weight is 272 g/mol. The normalized spacial score (nSPS) is 10.6. The first-order valence-corrected chi connectivity index (χ1v) is 6.60. The number of rotatable bonds is 3. The zero-order valence-electron chi connectivity index (χ0n) is 10.5. The van der Waals surface area contributed by atoms with Gasteiger partial charge in [-0.2, -0.15) is 5.10 Å². The zero-order valence-corrected chi connectivity index (χ0v) is 11.3. The largest absolute Gasteiger partial charge is 0.373 e. The van der Waals surface area contributed by atoms with E-state index >= 15 is 0 Å². The van der Waals surface area contributed by atoms with Crippen LogP contribution in [0.3, 0.4) is 0 Å². The third-order valence-electron chi connectivity index (χ3n) is 2.61. The van der Waals surface area contributed by atoms with E-state index in [1.807, 2.05) is 31.7 Å². The Morgan fingerprint density at radius 2 is 2.21 bits per heavy atom. The summed E-state index contributed by atoms with van der Waals surface area (Å²) in [7, 11) is 3.71. The quantitative estimate of drug-likeness (QED) is 0.790. The molecular weight excluding hydrogens is 260 g/mol. The Kier molecular flexibility index (Phi) is 2.96. The number of nitrogens with one attached hydrogen (secondary N) is 1. The Bertz CT molecular complexity index is 688. The van der Waals surface area contributed by atoms with Crippen LogP contribution >= 0.6 is 11.3 Å². The van der Waals surface area contributed by atoms with Gasteiger partial charge in [-0.25, -0.2) is 15.0 Å². The summed E-state index contributed by atoms with van der Waals surface area (Å²) >= 11 is 1.52.